The van der Waals surface area contributed by atoms with Crippen LogP contribution in [0.2, 0.25) is 0 Å². The molecule has 6 heavy (non-hydrogen) atoms. The van der Waals surface area contributed by atoms with Crippen LogP contribution in [0.15, 0.2) is 16.7 Å². The van der Waals surface area contributed by atoms with Gasteiger partial charge in [-0.05, 0) is 0 Å². The van der Waals surface area contributed by atoms with Crippen LogP contribution >= 0.6 is 0 Å². The fourth-order valence-electron chi connectivity index (χ4n) is 0.118. The molecule has 0 saturated heterocycles. The highest BCUT2D eigenvalue weighted by Gasteiger charge is 1.96. The molecule has 0 aromatic rings. The maximum Gasteiger partial charge on any atom is 0.469 e. The van der Waals surface area contributed by atoms with E-state index in [4.69, 9.17) is 0 Å². The topological polar surface area (TPSA) is 34.0 Å². The van der Waals surface area contributed by atoms with E-state index in [0.717, 1.165) is 0 Å². The molecule has 1 heterocycles. The van der Waals surface area contributed by atoms with Crippen molar-refractivity contribution in [3.63, 3.8) is 0 Å². The molecule has 0 aromatic heterocycles. The van der Waals surface area contributed by atoms with Gasteiger partial charge in [0.2, 0.25) is 0 Å². The van der Waals surface area contributed by atoms with Gasteiger partial charge in [0.1, 0.15) is 0 Å². The normalized spacial score (nSPS) is 12.0. The molecule has 0 amide bonds. The average Bonchev–Trinajstić information content (AvgIpc) is 1.76. The van der Waals surface area contributed by atoms with Crippen LogP contribution in [0.25, 0.3) is 0 Å². The molecule has 0 radical (unpaired) electrons. The van der Waals surface area contributed by atoms with Gasteiger partial charge in [0.25, 0.3) is 0 Å². The molecule has 1 rings (SSSR count). The van der Waals surface area contributed by atoms with E-state index in [2.05, 4.69) is 21.4 Å². The van der Waals surface area contributed by atoms with Crippen LogP contribution in [-0.4, -0.2) is 0 Å². The van der Waals surface area contributed by atoms with Crippen molar-refractivity contribution in [3.8, 4) is 0 Å². The number of nitrogens with zero attached hydrogens (tertiary/aromatic N) is 2. The Labute approximate surface area is 41.1 Å². The Morgan fingerprint density at radius 1 is 1.67 bits per heavy atom. The summed E-state index contributed by atoms with van der Waals surface area (Å²) in [4.78, 5) is 4.17. The Kier molecular flexibility index (Phi) is 2.29. The minimum Gasteiger partial charge on any atom is -1.00 e. The molecule has 0 aliphatic carbocycles. The van der Waals surface area contributed by atoms with Crippen molar-refractivity contribution in [1.82, 2.24) is 0 Å². The van der Waals surface area contributed by atoms with Crippen molar-refractivity contribution in [2.45, 2.75) is 0 Å². The third kappa shape index (κ3) is 0.971. The van der Waals surface area contributed by atoms with Gasteiger partial charge in [0.15, 0.2) is 5.11 Å². The van der Waals surface area contributed by atoms with Gasteiger partial charge in [-0.2, -0.15) is 0 Å². The highest BCUT2D eigenvalue weighted by atomic mass is 35.5. The van der Waals surface area contributed by atoms with Crippen molar-refractivity contribution in [2.75, 3.05) is 0 Å². The lowest BCUT2D eigenvalue weighted by Crippen LogP contribution is -3.00. The van der Waals surface area contributed by atoms with Crippen LogP contribution in [0.1, 0.15) is 0 Å². The second-order valence-electron chi connectivity index (χ2n) is 0.534. The third-order valence-corrected chi connectivity index (χ3v) is 0.251. The molecule has 1 aliphatic heterocycles. The largest absolute Gasteiger partial charge is 1.00 e. The van der Waals surface area contributed by atoms with Crippen LogP contribution in [0.3, 0.4) is 0 Å². The summed E-state index contributed by atoms with van der Waals surface area (Å²) in [7, 11) is 0. The van der Waals surface area contributed by atoms with Crippen LogP contribution in [-0.2, 0) is 4.84 Å². The van der Waals surface area contributed by atoms with Gasteiger partial charge in [-0.25, -0.2) is 0 Å². The SMILES string of the molecule is [C+]1=CON=N1.[Cl-]. The van der Waals surface area contributed by atoms with Crippen LogP contribution in [0.4, 0.5) is 0 Å². The fourth-order valence-corrected chi connectivity index (χ4v) is 0.118. The molecule has 32 valence electrons. The first-order valence-electron chi connectivity index (χ1n) is 1.13. The van der Waals surface area contributed by atoms with E-state index in [-0.39, 0.29) is 12.4 Å². The molecule has 0 bridgehead atoms. The summed E-state index contributed by atoms with van der Waals surface area (Å²) in [5, 5.41) is 6.22. The predicted molar refractivity (Wildman–Crippen MR) is 13.8 cm³/mol. The van der Waals surface area contributed by atoms with Gasteiger partial charge in [-0.15, -0.1) is 0 Å². The highest BCUT2D eigenvalue weighted by molar-refractivity contribution is 4.58. The van der Waals surface area contributed by atoms with E-state index in [0.29, 0.717) is 0 Å². The van der Waals surface area contributed by atoms with Crippen LogP contribution in [0.5, 0.6) is 0 Å². The first kappa shape index (κ1) is 5.34. The summed E-state index contributed by atoms with van der Waals surface area (Å²) < 4.78 is 0. The monoisotopic (exact) mass is 104 g/mol. The van der Waals surface area contributed by atoms with E-state index in [1.54, 1.807) is 0 Å². The van der Waals surface area contributed by atoms with Crippen LogP contribution < -0.4 is 12.4 Å². The zero-order valence-corrected chi connectivity index (χ0v) is 3.51. The standard InChI is InChI=1S/C2HN2O.ClH/c1-2-5-4-3-1;/h2H;1H/q+1;/p-1. The number of rotatable bonds is 0. The summed E-state index contributed by atoms with van der Waals surface area (Å²) in [5.41, 5.74) is 0. The van der Waals surface area contributed by atoms with Crippen molar-refractivity contribution in [2.24, 2.45) is 10.4 Å². The van der Waals surface area contributed by atoms with Gasteiger partial charge >= 0.3 is 12.5 Å². The van der Waals surface area contributed by atoms with Gasteiger partial charge in [0, 0.05) is 0 Å². The Morgan fingerprint density at radius 2 is 2.50 bits per heavy atom. The van der Waals surface area contributed by atoms with Gasteiger partial charge in [-0.3, -0.25) is 4.84 Å². The molecule has 3 nitrogen and oxygen atoms in total. The summed E-state index contributed by atoms with van der Waals surface area (Å²) in [5.74, 6) is 0. The van der Waals surface area contributed by atoms with Crippen molar-refractivity contribution >= 4 is 0 Å². The molecule has 0 saturated carbocycles. The van der Waals surface area contributed by atoms with Crippen LogP contribution in [0, 0.1) is 6.20 Å². The van der Waals surface area contributed by atoms with E-state index < -0.39 is 0 Å². The summed E-state index contributed by atoms with van der Waals surface area (Å²) in [6, 6.07) is 0. The zero-order valence-electron chi connectivity index (χ0n) is 2.76. The molecule has 0 spiro atoms. The Morgan fingerprint density at radius 3 is 2.67 bits per heavy atom. The van der Waals surface area contributed by atoms with Gasteiger partial charge in [-0.1, -0.05) is 0 Å². The first-order valence-corrected chi connectivity index (χ1v) is 1.13. The number of hydrogen-bond donors (Lipinski definition) is 0. The molecule has 0 aromatic carbocycles. The molecular formula is C2HClN2O. The smallest absolute Gasteiger partial charge is 0.469 e. The molecule has 1 aliphatic rings. The Bertz CT molecular complexity index is 69.6. The molecule has 0 fully saturated rings. The molecule has 0 N–H and O–H groups in total. The van der Waals surface area contributed by atoms with E-state index in [1.165, 1.54) is 6.26 Å². The highest BCUT2D eigenvalue weighted by Crippen LogP contribution is 1.88. The summed E-state index contributed by atoms with van der Waals surface area (Å²) in [6.45, 7) is 0. The lowest BCUT2D eigenvalue weighted by atomic mass is 11.0. The Hall–Kier alpha value is -0.660. The molecule has 4 heteroatoms. The second kappa shape index (κ2) is 2.57. The van der Waals surface area contributed by atoms with Crippen molar-refractivity contribution in [3.05, 3.63) is 12.5 Å². The quantitative estimate of drug-likeness (QED) is 0.317. The average molecular weight is 104 g/mol. The van der Waals surface area contributed by atoms with E-state index in [1.807, 2.05) is 0 Å². The molecular weight excluding hydrogens is 103 g/mol. The lowest BCUT2D eigenvalue weighted by Gasteiger charge is -1.55. The minimum absolute atomic E-state index is 0. The molecule has 0 unspecified atom stereocenters. The summed E-state index contributed by atoms with van der Waals surface area (Å²) >= 11 is 0. The molecule has 0 atom stereocenters. The maximum absolute atomic E-state index is 4.17. The summed E-state index contributed by atoms with van der Waals surface area (Å²) in [6.07, 6.45) is 3.61. The maximum atomic E-state index is 4.17. The lowest BCUT2D eigenvalue weighted by molar-refractivity contribution is -0.00000149. The van der Waals surface area contributed by atoms with Crippen molar-refractivity contribution < 1.29 is 17.2 Å². The fraction of sp³-hybridized carbons (Fsp3) is 0. The number of hydrogen-bond acceptors (Lipinski definition) is 3. The second-order valence-corrected chi connectivity index (χ2v) is 0.534. The first-order chi connectivity index (χ1) is 2.50. The van der Waals surface area contributed by atoms with Gasteiger partial charge in [0.05, 0.1) is 5.28 Å². The van der Waals surface area contributed by atoms with Crippen molar-refractivity contribution in [1.29, 1.82) is 0 Å². The Balaban J connectivity index is 0.000000250. The van der Waals surface area contributed by atoms with E-state index in [9.17, 15) is 0 Å². The minimum atomic E-state index is 0. The third-order valence-electron chi connectivity index (χ3n) is 0.251. The zero-order chi connectivity index (χ0) is 3.54. The predicted octanol–water partition coefficient (Wildman–Crippen LogP) is -2.34. The number of halogens is 1. The van der Waals surface area contributed by atoms with E-state index >= 15 is 0 Å². The van der Waals surface area contributed by atoms with Gasteiger partial charge < -0.3 is 12.4 Å².